The number of hydrogen-bond donors (Lipinski definition) is 2. The third-order valence-corrected chi connectivity index (χ3v) is 11.3. The van der Waals surface area contributed by atoms with Crippen LogP contribution in [-0.4, -0.2) is 78.3 Å². The van der Waals surface area contributed by atoms with Crippen LogP contribution in [0.3, 0.4) is 0 Å². The lowest BCUT2D eigenvalue weighted by molar-refractivity contribution is 0.0156. The van der Waals surface area contributed by atoms with E-state index in [1.54, 1.807) is 40.7 Å². The van der Waals surface area contributed by atoms with Crippen molar-refractivity contribution in [2.45, 2.75) is 22.8 Å². The summed E-state index contributed by atoms with van der Waals surface area (Å²) in [5.41, 5.74) is 2.14. The van der Waals surface area contributed by atoms with Crippen molar-refractivity contribution in [3.05, 3.63) is 65.2 Å². The van der Waals surface area contributed by atoms with Crippen LogP contribution in [0.2, 0.25) is 0 Å². The van der Waals surface area contributed by atoms with Gasteiger partial charge >= 0.3 is 6.09 Å². The van der Waals surface area contributed by atoms with E-state index in [1.165, 1.54) is 33.0 Å². The van der Waals surface area contributed by atoms with E-state index < -0.39 is 10.0 Å². The first kappa shape index (κ1) is 30.3. The largest absolute Gasteiger partial charge is 0.445 e. The summed E-state index contributed by atoms with van der Waals surface area (Å²) in [6.07, 6.45) is 3.19. The molecule has 0 spiro atoms. The Morgan fingerprint density at radius 3 is 2.84 bits per heavy atom. The molecule has 2 aliphatic heterocycles. The molecule has 2 fully saturated rings. The normalized spacial score (nSPS) is 18.5. The Balaban J connectivity index is 0.00000343. The van der Waals surface area contributed by atoms with Gasteiger partial charge < -0.3 is 19.7 Å². The molecular formula is C29H27ClN6O5S3. The first-order valence-corrected chi connectivity index (χ1v) is 16.8. The van der Waals surface area contributed by atoms with Gasteiger partial charge in [0.05, 0.1) is 39.9 Å². The minimum absolute atomic E-state index is 0. The molecule has 2 atom stereocenters. The van der Waals surface area contributed by atoms with Crippen molar-refractivity contribution in [1.82, 2.24) is 24.2 Å². The van der Waals surface area contributed by atoms with Crippen molar-refractivity contribution in [2.75, 3.05) is 38.2 Å². The molecule has 44 heavy (non-hydrogen) atoms. The fourth-order valence-corrected chi connectivity index (χ4v) is 8.43. The number of anilines is 2. The van der Waals surface area contributed by atoms with E-state index in [4.69, 9.17) is 9.47 Å². The van der Waals surface area contributed by atoms with Crippen LogP contribution in [0.5, 0.6) is 0 Å². The van der Waals surface area contributed by atoms with Gasteiger partial charge in [-0.25, -0.2) is 18.7 Å². The maximum absolute atomic E-state index is 13.1. The molecule has 7 rings (SSSR count). The number of carbonyl (C=O) groups is 1. The quantitative estimate of drug-likeness (QED) is 0.257. The lowest BCUT2D eigenvalue weighted by Gasteiger charge is -2.27. The number of rotatable bonds is 5. The van der Waals surface area contributed by atoms with Crippen molar-refractivity contribution < 1.29 is 22.7 Å². The van der Waals surface area contributed by atoms with Gasteiger partial charge in [0.2, 0.25) is 0 Å². The number of hydrogen-bond acceptors (Lipinski definition) is 11. The van der Waals surface area contributed by atoms with Crippen LogP contribution in [0, 0.1) is 11.8 Å². The summed E-state index contributed by atoms with van der Waals surface area (Å²) in [4.78, 5) is 23.8. The second-order valence-corrected chi connectivity index (χ2v) is 14.1. The number of aromatic nitrogens is 3. The number of benzene rings is 1. The summed E-state index contributed by atoms with van der Waals surface area (Å²) in [6, 6.07) is 12.5. The zero-order valence-corrected chi connectivity index (χ0v) is 26.4. The van der Waals surface area contributed by atoms with Gasteiger partial charge in [-0.15, -0.1) is 35.1 Å². The molecule has 2 unspecified atom stereocenters. The molecular weight excluding hydrogens is 644 g/mol. The molecule has 0 radical (unpaired) electrons. The van der Waals surface area contributed by atoms with Crippen molar-refractivity contribution in [3.8, 4) is 11.8 Å². The van der Waals surface area contributed by atoms with Crippen LogP contribution in [0.15, 0.2) is 64.6 Å². The van der Waals surface area contributed by atoms with E-state index in [0.717, 1.165) is 26.2 Å². The molecule has 2 saturated heterocycles. The number of halogens is 1. The highest BCUT2D eigenvalue weighted by molar-refractivity contribution is 7.92. The zero-order chi connectivity index (χ0) is 29.4. The molecule has 0 saturated carbocycles. The highest BCUT2D eigenvalue weighted by atomic mass is 35.5. The Bertz CT molecular complexity index is 1980. The smallest absolute Gasteiger partial charge is 0.410 e. The topological polar surface area (TPSA) is 128 Å². The van der Waals surface area contributed by atoms with Crippen LogP contribution in [0.4, 0.5) is 16.3 Å². The summed E-state index contributed by atoms with van der Waals surface area (Å²) >= 11 is 2.68. The fourth-order valence-electron chi connectivity index (χ4n) is 5.08. The Morgan fingerprint density at radius 1 is 1.16 bits per heavy atom. The van der Waals surface area contributed by atoms with Gasteiger partial charge in [0.25, 0.3) is 10.0 Å². The van der Waals surface area contributed by atoms with Gasteiger partial charge in [0, 0.05) is 43.3 Å². The second-order valence-electron chi connectivity index (χ2n) is 10.1. The van der Waals surface area contributed by atoms with E-state index in [9.17, 15) is 13.2 Å². The number of ether oxygens (including phenoxy) is 2. The van der Waals surface area contributed by atoms with Gasteiger partial charge in [-0.2, -0.15) is 8.42 Å². The molecule has 228 valence electrons. The van der Waals surface area contributed by atoms with Crippen LogP contribution < -0.4 is 10.6 Å². The molecule has 4 aromatic heterocycles. The summed E-state index contributed by atoms with van der Waals surface area (Å²) in [5, 5.41) is 9.22. The van der Waals surface area contributed by atoms with Crippen LogP contribution in [-0.2, 0) is 19.5 Å². The summed E-state index contributed by atoms with van der Waals surface area (Å²) in [7, 11) is -3.65. The highest BCUT2D eigenvalue weighted by Crippen LogP contribution is 2.32. The average molecular weight is 671 g/mol. The third kappa shape index (κ3) is 6.12. The van der Waals surface area contributed by atoms with E-state index in [0.29, 0.717) is 54.8 Å². The summed E-state index contributed by atoms with van der Waals surface area (Å²) in [5.74, 6) is 7.14. The number of amides is 1. The van der Waals surface area contributed by atoms with E-state index in [1.807, 2.05) is 18.2 Å². The van der Waals surface area contributed by atoms with Crippen LogP contribution in [0.1, 0.15) is 11.3 Å². The first-order chi connectivity index (χ1) is 20.9. The van der Waals surface area contributed by atoms with Crippen molar-refractivity contribution in [2.24, 2.45) is 0 Å². The van der Waals surface area contributed by atoms with E-state index >= 15 is 0 Å². The van der Waals surface area contributed by atoms with E-state index in [-0.39, 0.29) is 30.6 Å². The lowest BCUT2D eigenvalue weighted by atomic mass is 10.2. The minimum atomic E-state index is -3.65. The van der Waals surface area contributed by atoms with Crippen molar-refractivity contribution >= 4 is 83.8 Å². The SMILES string of the molecule is Cl.O=C(OC1CNC(C#Cc2cc3ncnc(Nc4ccc5c(ccn5S(=O)(=O)c5cccs5)c4)c3s2)C1)N1CCOCC1. The zero-order valence-electron chi connectivity index (χ0n) is 23.1. The summed E-state index contributed by atoms with van der Waals surface area (Å²) in [6.45, 7) is 2.74. The van der Waals surface area contributed by atoms with Gasteiger partial charge in [0.15, 0.2) is 5.82 Å². The first-order valence-electron chi connectivity index (χ1n) is 13.6. The fraction of sp³-hybridized carbons (Fsp3) is 0.276. The molecule has 0 bridgehead atoms. The molecule has 2 aliphatic rings. The Morgan fingerprint density at radius 2 is 2.02 bits per heavy atom. The van der Waals surface area contributed by atoms with Crippen LogP contribution >= 0.6 is 35.1 Å². The number of morpholine rings is 1. The number of carbonyl (C=O) groups excluding carboxylic acids is 1. The predicted octanol–water partition coefficient (Wildman–Crippen LogP) is 4.66. The molecule has 1 aromatic carbocycles. The van der Waals surface area contributed by atoms with Crippen LogP contribution in [0.25, 0.3) is 21.1 Å². The second kappa shape index (κ2) is 12.7. The predicted molar refractivity (Wildman–Crippen MR) is 173 cm³/mol. The molecule has 5 aromatic rings. The van der Waals surface area contributed by atoms with Crippen molar-refractivity contribution in [3.63, 3.8) is 0 Å². The minimum Gasteiger partial charge on any atom is -0.445 e. The number of fused-ring (bicyclic) bond motifs is 2. The third-order valence-electron chi connectivity index (χ3n) is 7.23. The molecule has 2 N–H and O–H groups in total. The number of nitrogens with one attached hydrogen (secondary N) is 2. The number of thiophene rings is 2. The Labute approximate surface area is 267 Å². The van der Waals surface area contributed by atoms with Gasteiger partial charge in [0.1, 0.15) is 16.6 Å². The maximum atomic E-state index is 13.1. The average Bonchev–Trinajstić information content (AvgIpc) is 3.83. The number of nitrogens with zero attached hydrogens (tertiary/aromatic N) is 4. The summed E-state index contributed by atoms with van der Waals surface area (Å²) < 4.78 is 39.5. The van der Waals surface area contributed by atoms with Crippen molar-refractivity contribution in [1.29, 1.82) is 0 Å². The van der Waals surface area contributed by atoms with E-state index in [2.05, 4.69) is 32.4 Å². The standard InChI is InChI=1S/C29H26N6O5S3.ClH/c36-29(34-9-11-39-12-10-34)40-22-15-20(30-17-22)3-5-23-16-24-27(42-23)28(32-18-31-24)33-21-4-6-25-19(14-21)7-8-35(25)43(37,38)26-2-1-13-41-26;/h1-2,4,6-8,13-14,16,18,20,22,30H,9-12,15,17H2,(H,31,32,33);1H. The van der Waals surface area contributed by atoms with Gasteiger partial charge in [-0.3, -0.25) is 5.32 Å². The highest BCUT2D eigenvalue weighted by Gasteiger charge is 2.28. The molecule has 1 amide bonds. The molecule has 15 heteroatoms. The maximum Gasteiger partial charge on any atom is 0.410 e. The Hall–Kier alpha value is -3.71. The monoisotopic (exact) mass is 670 g/mol. The molecule has 0 aliphatic carbocycles. The molecule has 11 nitrogen and oxygen atoms in total. The van der Waals surface area contributed by atoms with Gasteiger partial charge in [-0.05, 0) is 41.8 Å². The Kier molecular flexibility index (Phi) is 8.77. The lowest BCUT2D eigenvalue weighted by Crippen LogP contribution is -2.42. The molecule has 6 heterocycles. The van der Waals surface area contributed by atoms with Gasteiger partial charge in [-0.1, -0.05) is 17.9 Å².